The zero-order valence-corrected chi connectivity index (χ0v) is 15.5. The van der Waals surface area contributed by atoms with Crippen LogP contribution in [0.2, 0.25) is 0 Å². The topological polar surface area (TPSA) is 70.2 Å². The van der Waals surface area contributed by atoms with E-state index in [-0.39, 0.29) is 16.9 Å². The number of sulfonamides is 1. The Labute approximate surface area is 149 Å². The van der Waals surface area contributed by atoms with Crippen molar-refractivity contribution >= 4 is 15.9 Å². The van der Waals surface area contributed by atoms with Gasteiger partial charge in [0.05, 0.1) is 17.6 Å². The monoisotopic (exact) mass is 367 g/mol. The molecule has 8 heteroatoms. The summed E-state index contributed by atoms with van der Waals surface area (Å²) in [6.45, 7) is 6.07. The molecule has 25 heavy (non-hydrogen) atoms. The number of carbonyl (C=O) groups is 1. The van der Waals surface area contributed by atoms with Crippen molar-refractivity contribution in [1.29, 1.82) is 0 Å². The molecule has 2 fully saturated rings. The van der Waals surface area contributed by atoms with E-state index >= 15 is 0 Å². The van der Waals surface area contributed by atoms with Crippen molar-refractivity contribution < 1.29 is 17.9 Å². The number of ether oxygens (including phenoxy) is 1. The van der Waals surface area contributed by atoms with Gasteiger partial charge in [-0.2, -0.15) is 4.31 Å². The highest BCUT2D eigenvalue weighted by Crippen LogP contribution is 2.20. The average Bonchev–Trinajstić information content (AvgIpc) is 2.62. The molecule has 0 aromatic heterocycles. The summed E-state index contributed by atoms with van der Waals surface area (Å²) in [5.74, 6) is -0.0444. The second kappa shape index (κ2) is 7.41. The number of amides is 1. The molecule has 1 aromatic carbocycles. The smallest absolute Gasteiger partial charge is 0.253 e. The van der Waals surface area contributed by atoms with E-state index < -0.39 is 10.0 Å². The van der Waals surface area contributed by atoms with Gasteiger partial charge in [-0.15, -0.1) is 0 Å². The van der Waals surface area contributed by atoms with E-state index in [2.05, 4.69) is 4.90 Å². The minimum absolute atomic E-state index is 0.0444. The molecular formula is C17H25N3O4S. The number of hydrogen-bond donors (Lipinski definition) is 0. The lowest BCUT2D eigenvalue weighted by Gasteiger charge is -2.32. The van der Waals surface area contributed by atoms with Gasteiger partial charge in [0, 0.05) is 44.8 Å². The Morgan fingerprint density at radius 1 is 1.08 bits per heavy atom. The van der Waals surface area contributed by atoms with Crippen LogP contribution >= 0.6 is 0 Å². The molecular weight excluding hydrogens is 342 g/mol. The molecule has 138 valence electrons. The van der Waals surface area contributed by atoms with E-state index in [1.807, 2.05) is 18.9 Å². The van der Waals surface area contributed by atoms with Crippen LogP contribution in [-0.4, -0.2) is 87.5 Å². The highest BCUT2D eigenvalue weighted by atomic mass is 32.2. The molecule has 0 N–H and O–H groups in total. The molecule has 3 rings (SSSR count). The van der Waals surface area contributed by atoms with Gasteiger partial charge < -0.3 is 14.5 Å². The van der Waals surface area contributed by atoms with Crippen molar-refractivity contribution in [1.82, 2.24) is 14.1 Å². The molecule has 1 amide bonds. The number of benzene rings is 1. The van der Waals surface area contributed by atoms with Crippen LogP contribution in [0.3, 0.4) is 0 Å². The highest BCUT2D eigenvalue weighted by Gasteiger charge is 2.29. The molecule has 1 aromatic rings. The van der Waals surface area contributed by atoms with Crippen LogP contribution in [0.5, 0.6) is 0 Å². The van der Waals surface area contributed by atoms with Crippen LogP contribution in [0.25, 0.3) is 0 Å². The molecule has 7 nitrogen and oxygen atoms in total. The molecule has 0 radical (unpaired) electrons. The first-order valence-electron chi connectivity index (χ1n) is 8.57. The normalized spacial score (nSPS) is 23.6. The largest absolute Gasteiger partial charge is 0.376 e. The van der Waals surface area contributed by atoms with Crippen LogP contribution in [0.1, 0.15) is 17.3 Å². The SMILES string of the molecule is CC1CN(S(=O)(=O)c2ccc(C(=O)N3CCN(C)CC3)cc2)CCO1. The molecule has 0 aliphatic carbocycles. The van der Waals surface area contributed by atoms with E-state index in [1.165, 1.54) is 16.4 Å². The zero-order valence-electron chi connectivity index (χ0n) is 14.7. The fourth-order valence-electron chi connectivity index (χ4n) is 3.12. The third-order valence-corrected chi connectivity index (χ3v) is 6.61. The molecule has 0 saturated carbocycles. The van der Waals surface area contributed by atoms with Crippen LogP contribution < -0.4 is 0 Å². The van der Waals surface area contributed by atoms with Crippen LogP contribution in [0, 0.1) is 0 Å². The molecule has 0 bridgehead atoms. The highest BCUT2D eigenvalue weighted by molar-refractivity contribution is 7.89. The third kappa shape index (κ3) is 4.03. The third-order valence-electron chi connectivity index (χ3n) is 4.73. The van der Waals surface area contributed by atoms with Gasteiger partial charge in [-0.3, -0.25) is 4.79 Å². The number of nitrogens with zero attached hydrogens (tertiary/aromatic N) is 3. The summed E-state index contributed by atoms with van der Waals surface area (Å²) in [4.78, 5) is 16.8. The minimum Gasteiger partial charge on any atom is -0.376 e. The first-order chi connectivity index (χ1) is 11.9. The van der Waals surface area contributed by atoms with Crippen LogP contribution in [0.15, 0.2) is 29.2 Å². The Bertz CT molecular complexity index is 712. The van der Waals surface area contributed by atoms with E-state index in [0.717, 1.165) is 13.1 Å². The first kappa shape index (κ1) is 18.3. The second-order valence-electron chi connectivity index (χ2n) is 6.66. The predicted molar refractivity (Wildman–Crippen MR) is 94.0 cm³/mol. The zero-order chi connectivity index (χ0) is 18.0. The van der Waals surface area contributed by atoms with Gasteiger partial charge in [-0.1, -0.05) is 0 Å². The molecule has 2 aliphatic heterocycles. The Kier molecular flexibility index (Phi) is 5.43. The summed E-state index contributed by atoms with van der Waals surface area (Å²) >= 11 is 0. The molecule has 2 saturated heterocycles. The number of carbonyl (C=O) groups excluding carboxylic acids is 1. The summed E-state index contributed by atoms with van der Waals surface area (Å²) in [6, 6.07) is 6.27. The molecule has 1 unspecified atom stereocenters. The van der Waals surface area contributed by atoms with E-state index in [0.29, 0.717) is 38.3 Å². The van der Waals surface area contributed by atoms with Gasteiger partial charge in [0.15, 0.2) is 0 Å². The van der Waals surface area contributed by atoms with Gasteiger partial charge >= 0.3 is 0 Å². The molecule has 2 aliphatic rings. The number of morpholine rings is 1. The van der Waals surface area contributed by atoms with E-state index in [9.17, 15) is 13.2 Å². The van der Waals surface area contributed by atoms with Gasteiger partial charge in [0.1, 0.15) is 0 Å². The molecule has 0 spiro atoms. The first-order valence-corrected chi connectivity index (χ1v) is 10.0. The predicted octanol–water partition coefficient (Wildman–Crippen LogP) is 0.484. The maximum Gasteiger partial charge on any atom is 0.253 e. The van der Waals surface area contributed by atoms with Crippen molar-refractivity contribution in [2.45, 2.75) is 17.9 Å². The van der Waals surface area contributed by atoms with Crippen molar-refractivity contribution in [2.75, 3.05) is 52.9 Å². The summed E-state index contributed by atoms with van der Waals surface area (Å²) < 4.78 is 32.3. The maximum atomic E-state index is 12.7. The summed E-state index contributed by atoms with van der Waals surface area (Å²) in [5.41, 5.74) is 0.527. The maximum absolute atomic E-state index is 12.7. The van der Waals surface area contributed by atoms with Crippen molar-refractivity contribution in [3.05, 3.63) is 29.8 Å². The second-order valence-corrected chi connectivity index (χ2v) is 8.60. The van der Waals surface area contributed by atoms with Crippen LogP contribution in [-0.2, 0) is 14.8 Å². The van der Waals surface area contributed by atoms with E-state index in [1.54, 1.807) is 12.1 Å². The summed E-state index contributed by atoms with van der Waals surface area (Å²) in [7, 11) is -1.51. The van der Waals surface area contributed by atoms with Crippen LogP contribution in [0.4, 0.5) is 0 Å². The van der Waals surface area contributed by atoms with Crippen molar-refractivity contribution in [2.24, 2.45) is 0 Å². The Hall–Kier alpha value is -1.48. The molecule has 1 atom stereocenters. The van der Waals surface area contributed by atoms with Gasteiger partial charge in [-0.25, -0.2) is 8.42 Å². The average molecular weight is 367 g/mol. The van der Waals surface area contributed by atoms with Crippen molar-refractivity contribution in [3.8, 4) is 0 Å². The van der Waals surface area contributed by atoms with Gasteiger partial charge in [0.2, 0.25) is 10.0 Å². The molecule has 2 heterocycles. The Balaban J connectivity index is 1.72. The van der Waals surface area contributed by atoms with Gasteiger partial charge in [-0.05, 0) is 38.2 Å². The van der Waals surface area contributed by atoms with Gasteiger partial charge in [0.25, 0.3) is 5.91 Å². The van der Waals surface area contributed by atoms with E-state index in [4.69, 9.17) is 4.74 Å². The number of piperazine rings is 1. The number of rotatable bonds is 3. The lowest BCUT2D eigenvalue weighted by molar-refractivity contribution is 0.0102. The minimum atomic E-state index is -3.55. The fraction of sp³-hybridized carbons (Fsp3) is 0.588. The quantitative estimate of drug-likeness (QED) is 0.777. The number of hydrogen-bond acceptors (Lipinski definition) is 5. The summed E-state index contributed by atoms with van der Waals surface area (Å²) in [6.07, 6.45) is -0.110. The standard InChI is InChI=1S/C17H25N3O4S/c1-14-13-20(11-12-24-14)25(22,23)16-5-3-15(4-6-16)17(21)19-9-7-18(2)8-10-19/h3-6,14H,7-13H2,1-2H3. The number of likely N-dealkylation sites (N-methyl/N-ethyl adjacent to an activating group) is 1. The lowest BCUT2D eigenvalue weighted by atomic mass is 10.2. The van der Waals surface area contributed by atoms with Crippen molar-refractivity contribution in [3.63, 3.8) is 0 Å². The lowest BCUT2D eigenvalue weighted by Crippen LogP contribution is -2.47. The Morgan fingerprint density at radius 3 is 2.32 bits per heavy atom. The Morgan fingerprint density at radius 2 is 1.72 bits per heavy atom. The fourth-order valence-corrected chi connectivity index (χ4v) is 4.61. The summed E-state index contributed by atoms with van der Waals surface area (Å²) in [5, 5.41) is 0.